The molecular weight excluding hydrogens is 352 g/mol. The summed E-state index contributed by atoms with van der Waals surface area (Å²) in [7, 11) is 0. The van der Waals surface area contributed by atoms with Crippen LogP contribution in [-0.2, 0) is 16.1 Å². The molecule has 0 radical (unpaired) electrons. The Morgan fingerprint density at radius 2 is 2.27 bits per heavy atom. The molecular formula is C20H25ClN2O3. The SMILES string of the molecule is CCOC(=O)CC1CCCCN1Cc1nc(-c2cccc(Cl)c2)oc1C. The van der Waals surface area contributed by atoms with Crippen LogP contribution >= 0.6 is 11.6 Å². The van der Waals surface area contributed by atoms with Crippen LogP contribution in [0.2, 0.25) is 5.02 Å². The quantitative estimate of drug-likeness (QED) is 0.689. The molecule has 0 aliphatic carbocycles. The fourth-order valence-electron chi connectivity index (χ4n) is 3.42. The summed E-state index contributed by atoms with van der Waals surface area (Å²) < 4.78 is 11.0. The lowest BCUT2D eigenvalue weighted by atomic mass is 9.99. The van der Waals surface area contributed by atoms with E-state index in [9.17, 15) is 4.79 Å². The van der Waals surface area contributed by atoms with Crippen molar-refractivity contribution in [2.24, 2.45) is 0 Å². The highest BCUT2D eigenvalue weighted by atomic mass is 35.5. The number of rotatable bonds is 6. The van der Waals surface area contributed by atoms with Gasteiger partial charge >= 0.3 is 5.97 Å². The Kier molecular flexibility index (Phi) is 6.33. The van der Waals surface area contributed by atoms with Crippen molar-refractivity contribution in [2.75, 3.05) is 13.2 Å². The number of carbonyl (C=O) groups is 1. The Labute approximate surface area is 159 Å². The van der Waals surface area contributed by atoms with Gasteiger partial charge in [0.05, 0.1) is 18.7 Å². The van der Waals surface area contributed by atoms with E-state index >= 15 is 0 Å². The zero-order valence-electron chi connectivity index (χ0n) is 15.3. The molecule has 2 aromatic rings. The van der Waals surface area contributed by atoms with E-state index in [0.29, 0.717) is 30.5 Å². The summed E-state index contributed by atoms with van der Waals surface area (Å²) in [6.45, 7) is 5.84. The highest BCUT2D eigenvalue weighted by Gasteiger charge is 2.27. The number of benzene rings is 1. The number of hydrogen-bond acceptors (Lipinski definition) is 5. The van der Waals surface area contributed by atoms with Crippen LogP contribution in [0.25, 0.3) is 11.5 Å². The van der Waals surface area contributed by atoms with Crippen molar-refractivity contribution in [3.8, 4) is 11.5 Å². The number of piperidine rings is 1. The zero-order chi connectivity index (χ0) is 18.5. The van der Waals surface area contributed by atoms with Crippen LogP contribution in [0.5, 0.6) is 0 Å². The Morgan fingerprint density at radius 3 is 3.04 bits per heavy atom. The molecule has 0 bridgehead atoms. The molecule has 2 heterocycles. The number of hydrogen-bond donors (Lipinski definition) is 0. The molecule has 5 nitrogen and oxygen atoms in total. The molecule has 1 aliphatic rings. The normalized spacial score (nSPS) is 18.0. The molecule has 1 aliphatic heterocycles. The number of carbonyl (C=O) groups excluding carboxylic acids is 1. The van der Waals surface area contributed by atoms with Gasteiger partial charge in [-0.1, -0.05) is 24.1 Å². The van der Waals surface area contributed by atoms with Gasteiger partial charge in [0.2, 0.25) is 5.89 Å². The van der Waals surface area contributed by atoms with Crippen LogP contribution in [0.4, 0.5) is 0 Å². The number of nitrogens with zero attached hydrogens (tertiary/aromatic N) is 2. The van der Waals surface area contributed by atoms with Gasteiger partial charge in [-0.3, -0.25) is 9.69 Å². The second kappa shape index (κ2) is 8.69. The molecule has 1 aromatic heterocycles. The van der Waals surface area contributed by atoms with Crippen LogP contribution in [0, 0.1) is 6.92 Å². The first kappa shape index (κ1) is 18.9. The number of esters is 1. The molecule has 0 amide bonds. The highest BCUT2D eigenvalue weighted by molar-refractivity contribution is 6.30. The molecule has 3 rings (SSSR count). The van der Waals surface area contributed by atoms with Crippen molar-refractivity contribution in [1.29, 1.82) is 0 Å². The van der Waals surface area contributed by atoms with Gasteiger partial charge in [0.25, 0.3) is 0 Å². The van der Waals surface area contributed by atoms with Crippen molar-refractivity contribution < 1.29 is 13.9 Å². The smallest absolute Gasteiger partial charge is 0.307 e. The summed E-state index contributed by atoms with van der Waals surface area (Å²) in [6.07, 6.45) is 3.73. The lowest BCUT2D eigenvalue weighted by molar-refractivity contribution is -0.145. The van der Waals surface area contributed by atoms with Gasteiger partial charge in [0.1, 0.15) is 5.76 Å². The van der Waals surface area contributed by atoms with Crippen LogP contribution in [0.3, 0.4) is 0 Å². The first-order valence-corrected chi connectivity index (χ1v) is 9.56. The van der Waals surface area contributed by atoms with E-state index in [-0.39, 0.29) is 12.0 Å². The molecule has 0 N–H and O–H groups in total. The second-order valence-corrected chi connectivity index (χ2v) is 7.10. The van der Waals surface area contributed by atoms with Crippen LogP contribution in [0.1, 0.15) is 44.1 Å². The third-order valence-electron chi connectivity index (χ3n) is 4.77. The molecule has 6 heteroatoms. The third-order valence-corrected chi connectivity index (χ3v) is 5.01. The fourth-order valence-corrected chi connectivity index (χ4v) is 3.61. The van der Waals surface area contributed by atoms with E-state index in [2.05, 4.69) is 9.88 Å². The van der Waals surface area contributed by atoms with Gasteiger partial charge < -0.3 is 9.15 Å². The predicted octanol–water partition coefficient (Wildman–Crippen LogP) is 4.61. The summed E-state index contributed by atoms with van der Waals surface area (Å²) in [5.41, 5.74) is 1.78. The van der Waals surface area contributed by atoms with Crippen LogP contribution in [0.15, 0.2) is 28.7 Å². The lowest BCUT2D eigenvalue weighted by Gasteiger charge is -2.34. The monoisotopic (exact) mass is 376 g/mol. The Morgan fingerprint density at radius 1 is 1.42 bits per heavy atom. The number of halogens is 1. The summed E-state index contributed by atoms with van der Waals surface area (Å²) in [6, 6.07) is 7.70. The maximum atomic E-state index is 11.9. The average Bonchev–Trinajstić information content (AvgIpc) is 2.98. The number of oxazole rings is 1. The molecule has 140 valence electrons. The van der Waals surface area contributed by atoms with E-state index in [1.807, 2.05) is 38.1 Å². The summed E-state index contributed by atoms with van der Waals surface area (Å²) >= 11 is 6.07. The number of aromatic nitrogens is 1. The fraction of sp³-hybridized carbons (Fsp3) is 0.500. The molecule has 1 aromatic carbocycles. The maximum absolute atomic E-state index is 11.9. The molecule has 1 unspecified atom stereocenters. The van der Waals surface area contributed by atoms with Gasteiger partial charge in [-0.05, 0) is 51.4 Å². The van der Waals surface area contributed by atoms with E-state index in [1.54, 1.807) is 0 Å². The van der Waals surface area contributed by atoms with Crippen LogP contribution in [-0.4, -0.2) is 35.0 Å². The summed E-state index contributed by atoms with van der Waals surface area (Å²) in [5.74, 6) is 1.26. The summed E-state index contributed by atoms with van der Waals surface area (Å²) in [4.78, 5) is 18.9. The average molecular weight is 377 g/mol. The van der Waals surface area contributed by atoms with E-state index in [0.717, 1.165) is 42.8 Å². The largest absolute Gasteiger partial charge is 0.466 e. The zero-order valence-corrected chi connectivity index (χ0v) is 16.1. The van der Waals surface area contributed by atoms with E-state index < -0.39 is 0 Å². The third kappa shape index (κ3) is 4.65. The summed E-state index contributed by atoms with van der Waals surface area (Å²) in [5, 5.41) is 0.658. The van der Waals surface area contributed by atoms with Gasteiger partial charge in [0, 0.05) is 23.2 Å². The predicted molar refractivity (Wildman–Crippen MR) is 101 cm³/mol. The molecule has 0 spiro atoms. The van der Waals surface area contributed by atoms with Crippen molar-refractivity contribution in [2.45, 2.75) is 52.1 Å². The Bertz CT molecular complexity index is 759. The number of likely N-dealkylation sites (tertiary alicyclic amines) is 1. The first-order chi connectivity index (χ1) is 12.6. The van der Waals surface area contributed by atoms with Gasteiger partial charge in [-0.2, -0.15) is 0 Å². The minimum absolute atomic E-state index is 0.124. The van der Waals surface area contributed by atoms with Gasteiger partial charge in [-0.15, -0.1) is 0 Å². The first-order valence-electron chi connectivity index (χ1n) is 9.18. The van der Waals surface area contributed by atoms with Gasteiger partial charge in [0.15, 0.2) is 0 Å². The second-order valence-electron chi connectivity index (χ2n) is 6.66. The molecule has 1 fully saturated rings. The minimum atomic E-state index is -0.124. The van der Waals surface area contributed by atoms with Crippen LogP contribution < -0.4 is 0 Å². The highest BCUT2D eigenvalue weighted by Crippen LogP contribution is 2.27. The van der Waals surface area contributed by atoms with E-state index in [1.165, 1.54) is 0 Å². The van der Waals surface area contributed by atoms with E-state index in [4.69, 9.17) is 20.8 Å². The van der Waals surface area contributed by atoms with Crippen molar-refractivity contribution in [1.82, 2.24) is 9.88 Å². The minimum Gasteiger partial charge on any atom is -0.466 e. The molecule has 1 saturated heterocycles. The Balaban J connectivity index is 1.73. The lowest BCUT2D eigenvalue weighted by Crippen LogP contribution is -2.40. The number of aryl methyl sites for hydroxylation is 1. The molecule has 0 saturated carbocycles. The molecule has 26 heavy (non-hydrogen) atoms. The van der Waals surface area contributed by atoms with Gasteiger partial charge in [-0.25, -0.2) is 4.98 Å². The van der Waals surface area contributed by atoms with Crippen molar-refractivity contribution in [3.05, 3.63) is 40.7 Å². The number of ether oxygens (including phenoxy) is 1. The molecule has 1 atom stereocenters. The van der Waals surface area contributed by atoms with Crippen molar-refractivity contribution in [3.63, 3.8) is 0 Å². The topological polar surface area (TPSA) is 55.6 Å². The Hall–Kier alpha value is -1.85. The van der Waals surface area contributed by atoms with Crippen molar-refractivity contribution >= 4 is 17.6 Å². The standard InChI is InChI=1S/C20H25ClN2O3/c1-3-25-19(24)12-17-9-4-5-10-23(17)13-18-14(2)26-20(22-18)15-7-6-8-16(21)11-15/h6-8,11,17H,3-5,9-10,12-13H2,1-2H3. The maximum Gasteiger partial charge on any atom is 0.307 e.